The molecule has 9 heteroatoms. The highest BCUT2D eigenvalue weighted by molar-refractivity contribution is 9.11. The van der Waals surface area contributed by atoms with Crippen LogP contribution in [-0.2, 0) is 0 Å². The summed E-state index contributed by atoms with van der Waals surface area (Å²) in [6.45, 7) is 0. The molecule has 0 aliphatic heterocycles. The molecule has 0 spiro atoms. The van der Waals surface area contributed by atoms with E-state index < -0.39 is 4.92 Å². The van der Waals surface area contributed by atoms with Crippen molar-refractivity contribution in [2.24, 2.45) is 0 Å². The molecule has 0 saturated carbocycles. The summed E-state index contributed by atoms with van der Waals surface area (Å²) in [6, 6.07) is 4.44. The third-order valence-corrected chi connectivity index (χ3v) is 4.09. The number of benzene rings is 1. The van der Waals surface area contributed by atoms with Crippen LogP contribution in [0.5, 0.6) is 11.6 Å². The zero-order valence-electron chi connectivity index (χ0n) is 9.01. The maximum absolute atomic E-state index is 10.8. The molecule has 98 valence electrons. The molecule has 2 aromatic rings. The lowest BCUT2D eigenvalue weighted by Crippen LogP contribution is -1.95. The molecule has 0 atom stereocenters. The van der Waals surface area contributed by atoms with E-state index in [9.17, 15) is 10.1 Å². The van der Waals surface area contributed by atoms with E-state index in [-0.39, 0.29) is 26.9 Å². The normalized spacial score (nSPS) is 10.3. The van der Waals surface area contributed by atoms with Gasteiger partial charge in [-0.05, 0) is 37.9 Å². The fourth-order valence-corrected chi connectivity index (χ4v) is 2.13. The molecule has 19 heavy (non-hydrogen) atoms. The molecule has 1 heterocycles. The largest absolute Gasteiger partial charge is 0.436 e. The molecule has 0 fully saturated rings. The van der Waals surface area contributed by atoms with Gasteiger partial charge in [0.1, 0.15) is 15.3 Å². The minimum Gasteiger partial charge on any atom is -0.436 e. The van der Waals surface area contributed by atoms with Gasteiger partial charge in [0.25, 0.3) is 5.69 Å². The Morgan fingerprint density at radius 2 is 2.00 bits per heavy atom. The number of nitro benzene ring substituents is 1. The second kappa shape index (κ2) is 5.81. The molecular formula is C10H4Br2ClN3O3. The van der Waals surface area contributed by atoms with Crippen LogP contribution in [-0.4, -0.2) is 14.9 Å². The minimum atomic E-state index is -0.515. The van der Waals surface area contributed by atoms with E-state index in [1.165, 1.54) is 18.5 Å². The van der Waals surface area contributed by atoms with Crippen LogP contribution >= 0.6 is 43.5 Å². The number of halogens is 3. The Balaban J connectivity index is 2.42. The van der Waals surface area contributed by atoms with E-state index in [2.05, 4.69) is 41.8 Å². The summed E-state index contributed by atoms with van der Waals surface area (Å²) in [5, 5.41) is 11.0. The number of ether oxygens (including phenoxy) is 1. The Kier molecular flexibility index (Phi) is 4.33. The van der Waals surface area contributed by atoms with Crippen molar-refractivity contribution in [3.63, 3.8) is 0 Å². The fraction of sp³-hybridized carbons (Fsp3) is 0. The number of rotatable bonds is 3. The number of aromatic nitrogens is 2. The topological polar surface area (TPSA) is 78.2 Å². The second-order valence-corrected chi connectivity index (χ2v) is 5.18. The molecule has 0 unspecified atom stereocenters. The third kappa shape index (κ3) is 3.02. The van der Waals surface area contributed by atoms with E-state index in [4.69, 9.17) is 16.3 Å². The maximum Gasteiger partial charge on any atom is 0.287 e. The Labute approximate surface area is 129 Å². The highest BCUT2D eigenvalue weighted by Crippen LogP contribution is 2.38. The Morgan fingerprint density at radius 1 is 1.26 bits per heavy atom. The maximum atomic E-state index is 10.8. The minimum absolute atomic E-state index is 0.103. The molecule has 1 aromatic carbocycles. The average Bonchev–Trinajstić information content (AvgIpc) is 2.37. The van der Waals surface area contributed by atoms with Crippen LogP contribution < -0.4 is 4.74 Å². The molecule has 0 aliphatic carbocycles. The number of hydrogen-bond donors (Lipinski definition) is 0. The fourth-order valence-electron chi connectivity index (χ4n) is 1.23. The van der Waals surface area contributed by atoms with Gasteiger partial charge in [-0.15, -0.1) is 0 Å². The summed E-state index contributed by atoms with van der Waals surface area (Å²) in [6.07, 6.45) is 1.23. The van der Waals surface area contributed by atoms with Crippen molar-refractivity contribution in [1.29, 1.82) is 0 Å². The van der Waals surface area contributed by atoms with Gasteiger partial charge >= 0.3 is 0 Å². The van der Waals surface area contributed by atoms with Gasteiger partial charge in [0.15, 0.2) is 10.9 Å². The van der Waals surface area contributed by atoms with Gasteiger partial charge in [-0.25, -0.2) is 9.97 Å². The van der Waals surface area contributed by atoms with Gasteiger partial charge in [0.05, 0.1) is 4.92 Å². The second-order valence-electron chi connectivity index (χ2n) is 3.23. The van der Waals surface area contributed by atoms with Crippen molar-refractivity contribution in [2.45, 2.75) is 0 Å². The Hall–Kier alpha value is -1.25. The van der Waals surface area contributed by atoms with E-state index in [0.29, 0.717) is 4.47 Å². The summed E-state index contributed by atoms with van der Waals surface area (Å²) in [7, 11) is 0. The first kappa shape index (κ1) is 14.2. The molecular weight excluding hydrogens is 405 g/mol. The van der Waals surface area contributed by atoms with Crippen molar-refractivity contribution in [3.05, 3.63) is 48.7 Å². The highest BCUT2D eigenvalue weighted by Gasteiger charge is 2.18. The zero-order valence-corrected chi connectivity index (χ0v) is 12.9. The van der Waals surface area contributed by atoms with Gasteiger partial charge in [-0.3, -0.25) is 10.1 Å². The predicted octanol–water partition coefficient (Wildman–Crippen LogP) is 4.36. The lowest BCUT2D eigenvalue weighted by molar-refractivity contribution is -0.385. The van der Waals surface area contributed by atoms with E-state index in [1.54, 1.807) is 6.07 Å². The van der Waals surface area contributed by atoms with Crippen molar-refractivity contribution < 1.29 is 9.66 Å². The SMILES string of the molecule is O=[N+]([O-])c1cccc(Oc2ncnc(Cl)c2Br)c1Br. The lowest BCUT2D eigenvalue weighted by atomic mass is 10.3. The molecule has 0 aliphatic rings. The van der Waals surface area contributed by atoms with Gasteiger partial charge < -0.3 is 4.74 Å². The van der Waals surface area contributed by atoms with E-state index in [0.717, 1.165) is 0 Å². The smallest absolute Gasteiger partial charge is 0.287 e. The number of hydrogen-bond acceptors (Lipinski definition) is 5. The number of nitrogens with zero attached hydrogens (tertiary/aromatic N) is 3. The summed E-state index contributed by atoms with van der Waals surface area (Å²) < 4.78 is 6.07. The molecule has 0 N–H and O–H groups in total. The molecule has 2 rings (SSSR count). The van der Waals surface area contributed by atoms with Crippen LogP contribution in [0.2, 0.25) is 5.15 Å². The van der Waals surface area contributed by atoms with Crippen LogP contribution in [0.1, 0.15) is 0 Å². The molecule has 0 bridgehead atoms. The first-order valence-corrected chi connectivity index (χ1v) is 6.74. The Bertz CT molecular complexity index is 654. The van der Waals surface area contributed by atoms with Gasteiger partial charge in [0.2, 0.25) is 5.88 Å². The van der Waals surface area contributed by atoms with E-state index in [1.807, 2.05) is 0 Å². The molecule has 0 saturated heterocycles. The third-order valence-electron chi connectivity index (χ3n) is 2.06. The van der Waals surface area contributed by atoms with E-state index >= 15 is 0 Å². The number of nitro groups is 1. The average molecular weight is 409 g/mol. The van der Waals surface area contributed by atoms with Crippen LogP contribution in [0, 0.1) is 10.1 Å². The summed E-state index contributed by atoms with van der Waals surface area (Å²) in [5.41, 5.74) is -0.103. The summed E-state index contributed by atoms with van der Waals surface area (Å²) in [5.74, 6) is 0.422. The van der Waals surface area contributed by atoms with Crippen molar-refractivity contribution >= 4 is 49.1 Å². The van der Waals surface area contributed by atoms with Crippen LogP contribution in [0.3, 0.4) is 0 Å². The van der Waals surface area contributed by atoms with Gasteiger partial charge in [-0.2, -0.15) is 0 Å². The van der Waals surface area contributed by atoms with Crippen molar-refractivity contribution in [1.82, 2.24) is 9.97 Å². The quantitative estimate of drug-likeness (QED) is 0.428. The monoisotopic (exact) mass is 407 g/mol. The van der Waals surface area contributed by atoms with Crippen LogP contribution in [0.25, 0.3) is 0 Å². The molecule has 0 amide bonds. The molecule has 1 aromatic heterocycles. The predicted molar refractivity (Wildman–Crippen MR) is 75.6 cm³/mol. The first-order chi connectivity index (χ1) is 9.00. The molecule has 0 radical (unpaired) electrons. The van der Waals surface area contributed by atoms with Crippen molar-refractivity contribution in [2.75, 3.05) is 0 Å². The first-order valence-electron chi connectivity index (χ1n) is 4.77. The van der Waals surface area contributed by atoms with Gasteiger partial charge in [-0.1, -0.05) is 17.7 Å². The van der Waals surface area contributed by atoms with Crippen LogP contribution in [0.15, 0.2) is 33.5 Å². The standard InChI is InChI=1S/C10H4Br2ClN3O3/c11-7-5(16(17)18)2-1-3-6(7)19-10-8(12)9(13)14-4-15-10/h1-4H. The van der Waals surface area contributed by atoms with Crippen molar-refractivity contribution in [3.8, 4) is 11.6 Å². The Morgan fingerprint density at radius 3 is 2.68 bits per heavy atom. The summed E-state index contributed by atoms with van der Waals surface area (Å²) >= 11 is 12.1. The zero-order chi connectivity index (χ0) is 14.0. The summed E-state index contributed by atoms with van der Waals surface area (Å²) in [4.78, 5) is 17.9. The molecule has 6 nitrogen and oxygen atoms in total. The van der Waals surface area contributed by atoms with Gasteiger partial charge in [0, 0.05) is 6.07 Å². The lowest BCUT2D eigenvalue weighted by Gasteiger charge is -2.08. The van der Waals surface area contributed by atoms with Crippen LogP contribution in [0.4, 0.5) is 5.69 Å². The highest BCUT2D eigenvalue weighted by atomic mass is 79.9.